The number of ether oxygens (including phenoxy) is 1. The number of rotatable bonds is 10. The normalized spacial score (nSPS) is 11.5. The molecule has 0 saturated carbocycles. The van der Waals surface area contributed by atoms with Crippen molar-refractivity contribution in [3.05, 3.63) is 59.2 Å². The predicted octanol–water partition coefficient (Wildman–Crippen LogP) is 3.29. The highest BCUT2D eigenvalue weighted by Crippen LogP contribution is 2.18. The van der Waals surface area contributed by atoms with E-state index in [2.05, 4.69) is 23.9 Å². The molecule has 0 radical (unpaired) electrons. The Morgan fingerprint density at radius 2 is 1.69 bits per heavy atom. The molecule has 2 aromatic carbocycles. The third-order valence-electron chi connectivity index (χ3n) is 4.67. The average molecular weight is 419 g/mol. The van der Waals surface area contributed by atoms with Gasteiger partial charge in [0.15, 0.2) is 0 Å². The molecule has 0 atom stereocenters. The summed E-state index contributed by atoms with van der Waals surface area (Å²) in [4.78, 5) is 12.1. The Balaban J connectivity index is 1.68. The Bertz CT molecular complexity index is 922. The van der Waals surface area contributed by atoms with Gasteiger partial charge < -0.3 is 10.1 Å². The van der Waals surface area contributed by atoms with Crippen LogP contribution < -0.4 is 14.8 Å². The molecule has 0 aliphatic heterocycles. The van der Waals surface area contributed by atoms with Crippen LogP contribution >= 0.6 is 0 Å². The summed E-state index contributed by atoms with van der Waals surface area (Å²) in [6.07, 6.45) is 0.0627. The van der Waals surface area contributed by atoms with Crippen LogP contribution in [0.4, 0.5) is 0 Å². The van der Waals surface area contributed by atoms with Crippen LogP contribution in [-0.2, 0) is 14.8 Å². The molecule has 0 fully saturated rings. The van der Waals surface area contributed by atoms with E-state index in [4.69, 9.17) is 4.74 Å². The summed E-state index contributed by atoms with van der Waals surface area (Å²) in [5.74, 6) is 0.993. The number of nitrogens with one attached hydrogen (secondary N) is 2. The highest BCUT2D eigenvalue weighted by Gasteiger charge is 2.14. The third-order valence-corrected chi connectivity index (χ3v) is 6.13. The minimum Gasteiger partial charge on any atom is -0.492 e. The van der Waals surface area contributed by atoms with Gasteiger partial charge in [0.05, 0.1) is 11.4 Å². The van der Waals surface area contributed by atoms with Gasteiger partial charge in [0.2, 0.25) is 15.9 Å². The number of carbonyl (C=O) groups is 1. The lowest BCUT2D eigenvalue weighted by Gasteiger charge is -2.10. The summed E-state index contributed by atoms with van der Waals surface area (Å²) >= 11 is 0. The van der Waals surface area contributed by atoms with Gasteiger partial charge in [-0.1, -0.05) is 32.0 Å². The first-order chi connectivity index (χ1) is 13.7. The van der Waals surface area contributed by atoms with Gasteiger partial charge in [-0.15, -0.1) is 0 Å². The fourth-order valence-electron chi connectivity index (χ4n) is 2.66. The van der Waals surface area contributed by atoms with Crippen LogP contribution in [0.25, 0.3) is 0 Å². The van der Waals surface area contributed by atoms with E-state index in [9.17, 15) is 13.2 Å². The van der Waals surface area contributed by atoms with Crippen LogP contribution in [0.15, 0.2) is 47.4 Å². The number of benzene rings is 2. The minimum absolute atomic E-state index is 0.0403. The Kier molecular flexibility index (Phi) is 8.22. The van der Waals surface area contributed by atoms with Crippen LogP contribution in [0.2, 0.25) is 0 Å². The maximum atomic E-state index is 12.3. The zero-order chi connectivity index (χ0) is 21.4. The van der Waals surface area contributed by atoms with Crippen molar-refractivity contribution in [2.24, 2.45) is 0 Å². The van der Waals surface area contributed by atoms with Crippen LogP contribution in [-0.4, -0.2) is 34.0 Å². The molecule has 158 valence electrons. The predicted molar refractivity (Wildman–Crippen MR) is 115 cm³/mol. The summed E-state index contributed by atoms with van der Waals surface area (Å²) in [7, 11) is -3.62. The second-order valence-electron chi connectivity index (χ2n) is 7.32. The van der Waals surface area contributed by atoms with Crippen molar-refractivity contribution >= 4 is 15.9 Å². The number of sulfonamides is 1. The summed E-state index contributed by atoms with van der Waals surface area (Å²) in [5, 5.41) is 2.73. The lowest BCUT2D eigenvalue weighted by molar-refractivity contribution is -0.121. The monoisotopic (exact) mass is 418 g/mol. The molecule has 1 amide bonds. The Morgan fingerprint density at radius 3 is 2.31 bits per heavy atom. The molecule has 0 unspecified atom stereocenters. The lowest BCUT2D eigenvalue weighted by atomic mass is 10.0. The molecule has 2 N–H and O–H groups in total. The van der Waals surface area contributed by atoms with E-state index in [0.717, 1.165) is 16.9 Å². The first-order valence-electron chi connectivity index (χ1n) is 9.75. The first kappa shape index (κ1) is 22.9. The topological polar surface area (TPSA) is 84.5 Å². The average Bonchev–Trinajstić information content (AvgIpc) is 2.67. The van der Waals surface area contributed by atoms with E-state index in [-0.39, 0.29) is 23.8 Å². The fraction of sp³-hybridized carbons (Fsp3) is 0.409. The van der Waals surface area contributed by atoms with Gasteiger partial charge in [-0.05, 0) is 60.7 Å². The van der Waals surface area contributed by atoms with Gasteiger partial charge in [0, 0.05) is 13.0 Å². The molecule has 0 heterocycles. The first-order valence-corrected chi connectivity index (χ1v) is 11.2. The van der Waals surface area contributed by atoms with Crippen molar-refractivity contribution in [1.82, 2.24) is 10.0 Å². The van der Waals surface area contributed by atoms with Gasteiger partial charge in [-0.25, -0.2) is 13.1 Å². The number of carbonyl (C=O) groups excluding carboxylic acids is 1. The molecular formula is C22H30N2O4S. The maximum Gasteiger partial charge on any atom is 0.240 e. The summed E-state index contributed by atoms with van der Waals surface area (Å²) in [6, 6.07) is 12.9. The number of hydrogen-bond acceptors (Lipinski definition) is 4. The molecule has 29 heavy (non-hydrogen) atoms. The quantitative estimate of drug-likeness (QED) is 0.580. The molecule has 0 aliphatic rings. The molecule has 2 aromatic rings. The summed E-state index contributed by atoms with van der Waals surface area (Å²) in [5.41, 5.74) is 3.18. The van der Waals surface area contributed by atoms with E-state index in [1.54, 1.807) is 18.2 Å². The summed E-state index contributed by atoms with van der Waals surface area (Å²) < 4.78 is 32.7. The van der Waals surface area contributed by atoms with Gasteiger partial charge in [-0.3, -0.25) is 4.79 Å². The van der Waals surface area contributed by atoms with Crippen molar-refractivity contribution < 1.29 is 17.9 Å². The van der Waals surface area contributed by atoms with Crippen molar-refractivity contribution in [2.45, 2.75) is 44.9 Å². The molecule has 7 heteroatoms. The van der Waals surface area contributed by atoms with Gasteiger partial charge in [0.1, 0.15) is 12.4 Å². The molecule has 0 bridgehead atoms. The van der Waals surface area contributed by atoms with Crippen LogP contribution in [0.1, 0.15) is 42.9 Å². The second-order valence-corrected chi connectivity index (χ2v) is 9.08. The number of aryl methyl sites for hydroxylation is 2. The molecule has 0 aliphatic carbocycles. The number of hydrogen-bond donors (Lipinski definition) is 2. The van der Waals surface area contributed by atoms with Crippen molar-refractivity contribution in [2.75, 3.05) is 19.7 Å². The second kappa shape index (κ2) is 10.4. The smallest absolute Gasteiger partial charge is 0.240 e. The lowest BCUT2D eigenvalue weighted by Crippen LogP contribution is -2.32. The van der Waals surface area contributed by atoms with Crippen molar-refractivity contribution in [3.8, 4) is 5.75 Å². The standard InChI is InChI=1S/C22H30N2O4S/c1-16(2)19-6-8-20(9-7-19)28-14-13-23-22(25)11-12-24-29(26,27)21-10-5-17(3)18(4)15-21/h5-10,15-16,24H,11-14H2,1-4H3,(H,23,25). The van der Waals surface area contributed by atoms with Crippen LogP contribution in [0.3, 0.4) is 0 Å². The molecule has 6 nitrogen and oxygen atoms in total. The Morgan fingerprint density at radius 1 is 1.00 bits per heavy atom. The summed E-state index contributed by atoms with van der Waals surface area (Å²) in [6.45, 7) is 8.80. The molecule has 0 aromatic heterocycles. The van der Waals surface area contributed by atoms with Crippen LogP contribution in [0, 0.1) is 13.8 Å². The maximum absolute atomic E-state index is 12.3. The Hall–Kier alpha value is -2.38. The van der Waals surface area contributed by atoms with Crippen molar-refractivity contribution in [1.29, 1.82) is 0 Å². The van der Waals surface area contributed by atoms with E-state index < -0.39 is 10.0 Å². The van der Waals surface area contributed by atoms with E-state index in [1.807, 2.05) is 38.1 Å². The molecule has 0 saturated heterocycles. The largest absolute Gasteiger partial charge is 0.492 e. The Labute approximate surface area is 173 Å². The molecular weight excluding hydrogens is 388 g/mol. The third kappa shape index (κ3) is 7.18. The van der Waals surface area contributed by atoms with E-state index in [0.29, 0.717) is 19.1 Å². The highest BCUT2D eigenvalue weighted by atomic mass is 32.2. The number of amides is 1. The van der Waals surface area contributed by atoms with Gasteiger partial charge in [0.25, 0.3) is 0 Å². The van der Waals surface area contributed by atoms with Crippen molar-refractivity contribution in [3.63, 3.8) is 0 Å². The van der Waals surface area contributed by atoms with Gasteiger partial charge in [-0.2, -0.15) is 0 Å². The highest BCUT2D eigenvalue weighted by molar-refractivity contribution is 7.89. The minimum atomic E-state index is -3.62. The van der Waals surface area contributed by atoms with E-state index in [1.165, 1.54) is 5.56 Å². The van der Waals surface area contributed by atoms with Gasteiger partial charge >= 0.3 is 0 Å². The SMILES string of the molecule is Cc1ccc(S(=O)(=O)NCCC(=O)NCCOc2ccc(C(C)C)cc2)cc1C. The van der Waals surface area contributed by atoms with E-state index >= 15 is 0 Å². The molecule has 0 spiro atoms. The zero-order valence-electron chi connectivity index (χ0n) is 17.5. The van der Waals surface area contributed by atoms with Crippen LogP contribution in [0.5, 0.6) is 5.75 Å². The zero-order valence-corrected chi connectivity index (χ0v) is 18.3. The fourth-order valence-corrected chi connectivity index (χ4v) is 3.78. The molecule has 2 rings (SSSR count).